The Morgan fingerprint density at radius 3 is 1.82 bits per heavy atom. The molecule has 0 heterocycles. The van der Waals surface area contributed by atoms with Crippen molar-refractivity contribution in [2.45, 2.75) is 32.0 Å². The summed E-state index contributed by atoms with van der Waals surface area (Å²) in [6.07, 6.45) is 1.28. The Bertz CT molecular complexity index is 236. The number of rotatable bonds is 0. The van der Waals surface area contributed by atoms with Crippen LogP contribution >= 0.6 is 0 Å². The third kappa shape index (κ3) is 0.847. The van der Waals surface area contributed by atoms with Crippen molar-refractivity contribution in [3.63, 3.8) is 0 Å². The van der Waals surface area contributed by atoms with Crippen molar-refractivity contribution < 1.29 is 15.0 Å². The molecule has 0 aromatic rings. The van der Waals surface area contributed by atoms with Gasteiger partial charge in [0, 0.05) is 0 Å². The van der Waals surface area contributed by atoms with Gasteiger partial charge in [-0.2, -0.15) is 0 Å². The van der Waals surface area contributed by atoms with Crippen LogP contribution in [0, 0.1) is 0 Å². The molecule has 3 nitrogen and oxygen atoms in total. The van der Waals surface area contributed by atoms with E-state index in [9.17, 15) is 15.0 Å². The predicted molar refractivity (Wildman–Crippen MR) is 40.0 cm³/mol. The van der Waals surface area contributed by atoms with Gasteiger partial charge in [0.05, 0.1) is 0 Å². The monoisotopic (exact) mass is 156 g/mol. The molecule has 62 valence electrons. The second kappa shape index (κ2) is 1.93. The van der Waals surface area contributed by atoms with Crippen LogP contribution < -0.4 is 0 Å². The van der Waals surface area contributed by atoms with E-state index >= 15 is 0 Å². The zero-order valence-corrected chi connectivity index (χ0v) is 6.88. The van der Waals surface area contributed by atoms with E-state index in [0.29, 0.717) is 5.57 Å². The molecule has 1 aliphatic carbocycles. The van der Waals surface area contributed by atoms with E-state index in [0.717, 1.165) is 0 Å². The first-order valence-electron chi connectivity index (χ1n) is 3.48. The van der Waals surface area contributed by atoms with Gasteiger partial charge in [-0.1, -0.05) is 0 Å². The van der Waals surface area contributed by atoms with Crippen LogP contribution in [0.5, 0.6) is 0 Å². The molecule has 0 aromatic carbocycles. The largest absolute Gasteiger partial charge is 0.382 e. The quantitative estimate of drug-likeness (QED) is 0.519. The average molecular weight is 156 g/mol. The maximum atomic E-state index is 11.0. The van der Waals surface area contributed by atoms with E-state index in [1.54, 1.807) is 6.92 Å². The molecule has 0 spiro atoms. The topological polar surface area (TPSA) is 57.5 Å². The van der Waals surface area contributed by atoms with Gasteiger partial charge in [0.2, 0.25) is 0 Å². The fourth-order valence-corrected chi connectivity index (χ4v) is 1.10. The lowest BCUT2D eigenvalue weighted by Gasteiger charge is -2.31. The normalized spacial score (nSPS) is 44.5. The van der Waals surface area contributed by atoms with Crippen molar-refractivity contribution in [3.8, 4) is 0 Å². The predicted octanol–water partition coefficient (Wildman–Crippen LogP) is 0.0174. The minimum atomic E-state index is -1.66. The van der Waals surface area contributed by atoms with Crippen LogP contribution in [-0.4, -0.2) is 27.2 Å². The maximum Gasteiger partial charge on any atom is 0.190 e. The first-order chi connectivity index (χ1) is 4.80. The van der Waals surface area contributed by atoms with Gasteiger partial charge in [-0.05, 0) is 32.4 Å². The van der Waals surface area contributed by atoms with Gasteiger partial charge in [-0.15, -0.1) is 0 Å². The number of carbonyl (C=O) groups is 1. The maximum absolute atomic E-state index is 11.0. The first-order valence-corrected chi connectivity index (χ1v) is 3.48. The Balaban J connectivity index is 3.17. The number of hydrogen-bond acceptors (Lipinski definition) is 3. The highest BCUT2D eigenvalue weighted by Crippen LogP contribution is 2.35. The zero-order chi connectivity index (χ0) is 8.86. The van der Waals surface area contributed by atoms with Crippen LogP contribution in [0.2, 0.25) is 0 Å². The number of aliphatic hydroxyl groups is 2. The number of carbonyl (C=O) groups excluding carboxylic acids is 1. The van der Waals surface area contributed by atoms with Crippen molar-refractivity contribution in [2.75, 3.05) is 0 Å². The van der Waals surface area contributed by atoms with E-state index in [-0.39, 0.29) is 0 Å². The summed E-state index contributed by atoms with van der Waals surface area (Å²) in [5.41, 5.74) is -2.56. The average Bonchev–Trinajstić information content (AvgIpc) is 1.95. The molecule has 0 amide bonds. The van der Waals surface area contributed by atoms with Gasteiger partial charge in [-0.25, -0.2) is 0 Å². The van der Waals surface area contributed by atoms with E-state index in [1.165, 1.54) is 19.9 Å². The summed E-state index contributed by atoms with van der Waals surface area (Å²) in [5, 5.41) is 19.1. The van der Waals surface area contributed by atoms with Gasteiger partial charge in [0.1, 0.15) is 5.60 Å². The van der Waals surface area contributed by atoms with E-state index < -0.39 is 17.0 Å². The van der Waals surface area contributed by atoms with Crippen LogP contribution in [0.3, 0.4) is 0 Å². The Morgan fingerprint density at radius 1 is 1.27 bits per heavy atom. The molecule has 2 unspecified atom stereocenters. The fourth-order valence-electron chi connectivity index (χ4n) is 1.10. The molecule has 11 heavy (non-hydrogen) atoms. The zero-order valence-electron chi connectivity index (χ0n) is 6.88. The van der Waals surface area contributed by atoms with Crippen molar-refractivity contribution >= 4 is 5.78 Å². The molecule has 2 atom stereocenters. The first kappa shape index (κ1) is 8.43. The smallest absolute Gasteiger partial charge is 0.190 e. The van der Waals surface area contributed by atoms with Crippen LogP contribution in [-0.2, 0) is 4.79 Å². The molecule has 2 N–H and O–H groups in total. The molecule has 1 rings (SSSR count). The lowest BCUT2D eigenvalue weighted by atomic mass is 9.85. The van der Waals surface area contributed by atoms with Crippen molar-refractivity contribution in [1.29, 1.82) is 0 Å². The summed E-state index contributed by atoms with van der Waals surface area (Å²) in [6.45, 7) is 4.38. The van der Waals surface area contributed by atoms with E-state index in [1.807, 2.05) is 0 Å². The van der Waals surface area contributed by atoms with Gasteiger partial charge < -0.3 is 10.2 Å². The summed E-state index contributed by atoms with van der Waals surface area (Å²) < 4.78 is 0. The third-order valence-corrected chi connectivity index (χ3v) is 2.54. The Labute approximate surface area is 65.3 Å². The summed E-state index contributed by atoms with van der Waals surface area (Å²) in [6, 6.07) is 0. The van der Waals surface area contributed by atoms with Crippen LogP contribution in [0.4, 0.5) is 0 Å². The van der Waals surface area contributed by atoms with Gasteiger partial charge in [0.25, 0.3) is 0 Å². The molecule has 0 radical (unpaired) electrons. The summed E-state index contributed by atoms with van der Waals surface area (Å²) in [5.74, 6) is -0.431. The van der Waals surface area contributed by atoms with Crippen LogP contribution in [0.1, 0.15) is 20.8 Å². The molecule has 0 bridgehead atoms. The molecule has 0 aliphatic heterocycles. The second-order valence-corrected chi connectivity index (χ2v) is 3.34. The second-order valence-electron chi connectivity index (χ2n) is 3.34. The van der Waals surface area contributed by atoms with Crippen molar-refractivity contribution in [2.24, 2.45) is 0 Å². The molecular weight excluding hydrogens is 144 g/mol. The minimum absolute atomic E-state index is 0.431. The summed E-state index contributed by atoms with van der Waals surface area (Å²) >= 11 is 0. The Hall–Kier alpha value is -0.670. The molecule has 0 aromatic heterocycles. The van der Waals surface area contributed by atoms with Gasteiger partial charge in [-0.3, -0.25) is 4.79 Å². The lowest BCUT2D eigenvalue weighted by molar-refractivity contribution is -0.147. The standard InChI is InChI=1S/C8H12O3/c1-5-4-6(9)8(3,11)7(5,2)10/h4,10-11H,1-3H3. The highest BCUT2D eigenvalue weighted by Gasteiger charge is 2.52. The lowest BCUT2D eigenvalue weighted by Crippen LogP contribution is -2.51. The molecule has 3 heteroatoms. The number of ketones is 1. The highest BCUT2D eigenvalue weighted by molar-refractivity contribution is 6.02. The SMILES string of the molecule is CC1=CC(=O)C(C)(O)C1(C)O. The minimum Gasteiger partial charge on any atom is -0.382 e. The molecule has 1 aliphatic rings. The molecule has 0 saturated heterocycles. The fraction of sp³-hybridized carbons (Fsp3) is 0.625. The summed E-state index contributed by atoms with van der Waals surface area (Å²) in [7, 11) is 0. The van der Waals surface area contributed by atoms with E-state index in [2.05, 4.69) is 0 Å². The Kier molecular flexibility index (Phi) is 1.48. The molecular formula is C8H12O3. The molecule has 0 saturated carbocycles. The van der Waals surface area contributed by atoms with Crippen LogP contribution in [0.25, 0.3) is 0 Å². The molecule has 0 fully saturated rings. The van der Waals surface area contributed by atoms with Crippen molar-refractivity contribution in [1.82, 2.24) is 0 Å². The Morgan fingerprint density at radius 2 is 1.73 bits per heavy atom. The van der Waals surface area contributed by atoms with Crippen molar-refractivity contribution in [3.05, 3.63) is 11.6 Å². The van der Waals surface area contributed by atoms with Gasteiger partial charge in [0.15, 0.2) is 11.4 Å². The van der Waals surface area contributed by atoms with E-state index in [4.69, 9.17) is 0 Å². The van der Waals surface area contributed by atoms with Crippen LogP contribution in [0.15, 0.2) is 11.6 Å². The summed E-state index contributed by atoms with van der Waals surface area (Å²) in [4.78, 5) is 11.0. The highest BCUT2D eigenvalue weighted by atomic mass is 16.4. The van der Waals surface area contributed by atoms with Gasteiger partial charge >= 0.3 is 0 Å². The number of hydrogen-bond donors (Lipinski definition) is 2. The third-order valence-electron chi connectivity index (χ3n) is 2.54.